The smallest absolute Gasteiger partial charge is 0.229 e. The molecule has 20 heavy (non-hydrogen) atoms. The molecule has 0 radical (unpaired) electrons. The van der Waals surface area contributed by atoms with Gasteiger partial charge in [0.1, 0.15) is 5.52 Å². The van der Waals surface area contributed by atoms with E-state index in [1.807, 2.05) is 24.3 Å². The summed E-state index contributed by atoms with van der Waals surface area (Å²) < 4.78 is 1.79. The molecule has 2 aromatic heterocycles. The number of imidazole rings is 1. The average molecular weight is 264 g/mol. The fourth-order valence-corrected chi connectivity index (χ4v) is 1.88. The van der Waals surface area contributed by atoms with E-state index in [2.05, 4.69) is 26.2 Å². The number of hydrogen-bond acceptors (Lipinski definition) is 5. The summed E-state index contributed by atoms with van der Waals surface area (Å²) in [6.07, 6.45) is 8.63. The molecule has 0 fully saturated rings. The van der Waals surface area contributed by atoms with Crippen molar-refractivity contribution in [3.05, 3.63) is 36.8 Å². The molecule has 2 heterocycles. The maximum atomic E-state index is 5.73. The van der Waals surface area contributed by atoms with Crippen LogP contribution in [-0.2, 0) is 6.54 Å². The highest BCUT2D eigenvalue weighted by Crippen LogP contribution is 2.17. The summed E-state index contributed by atoms with van der Waals surface area (Å²) in [6.45, 7) is 0.422. The molecule has 98 valence electrons. The lowest BCUT2D eigenvalue weighted by Gasteiger charge is -2.05. The third-order valence-corrected chi connectivity index (χ3v) is 2.76. The van der Waals surface area contributed by atoms with Gasteiger partial charge in [-0.1, -0.05) is 12.0 Å². The second-order valence-electron chi connectivity index (χ2n) is 4.23. The molecule has 0 bridgehead atoms. The van der Waals surface area contributed by atoms with Crippen LogP contribution in [0.3, 0.4) is 0 Å². The predicted octanol–water partition coefficient (Wildman–Crippen LogP) is 1.79. The van der Waals surface area contributed by atoms with Crippen LogP contribution in [0.2, 0.25) is 0 Å². The van der Waals surface area contributed by atoms with Gasteiger partial charge in [0.25, 0.3) is 0 Å². The summed E-state index contributed by atoms with van der Waals surface area (Å²) in [4.78, 5) is 12.8. The van der Waals surface area contributed by atoms with Gasteiger partial charge in [0.05, 0.1) is 19.1 Å². The monoisotopic (exact) mass is 264 g/mol. The zero-order valence-corrected chi connectivity index (χ0v) is 10.6. The first-order valence-corrected chi connectivity index (χ1v) is 6.00. The third-order valence-electron chi connectivity index (χ3n) is 2.76. The summed E-state index contributed by atoms with van der Waals surface area (Å²) in [6, 6.07) is 7.38. The van der Waals surface area contributed by atoms with Gasteiger partial charge in [0, 0.05) is 11.4 Å². The van der Waals surface area contributed by atoms with E-state index in [1.165, 1.54) is 0 Å². The van der Waals surface area contributed by atoms with Crippen LogP contribution >= 0.6 is 0 Å². The number of fused-ring (bicyclic) bond motifs is 1. The highest BCUT2D eigenvalue weighted by molar-refractivity contribution is 5.72. The van der Waals surface area contributed by atoms with Gasteiger partial charge in [-0.25, -0.2) is 9.97 Å². The van der Waals surface area contributed by atoms with Crippen LogP contribution in [0.1, 0.15) is 0 Å². The normalized spacial score (nSPS) is 10.3. The van der Waals surface area contributed by atoms with E-state index in [9.17, 15) is 0 Å². The van der Waals surface area contributed by atoms with Crippen LogP contribution in [0.4, 0.5) is 17.3 Å². The molecular formula is C14H12N6. The molecule has 0 amide bonds. The molecule has 1 aromatic carbocycles. The molecule has 0 saturated carbocycles. The Morgan fingerprint density at radius 1 is 1.35 bits per heavy atom. The molecule has 0 atom stereocenters. The van der Waals surface area contributed by atoms with E-state index in [-0.39, 0.29) is 0 Å². The van der Waals surface area contributed by atoms with E-state index in [4.69, 9.17) is 12.2 Å². The van der Waals surface area contributed by atoms with Crippen molar-refractivity contribution in [2.24, 2.45) is 0 Å². The molecule has 0 aliphatic rings. The standard InChI is InChI=1S/C14H12N6/c1-2-6-20-9-17-12-8-16-14(19-13(12)20)18-11-5-3-4-10(15)7-11/h1,3-5,7-9H,6,15H2,(H,16,18,19). The summed E-state index contributed by atoms with van der Waals surface area (Å²) in [5, 5.41) is 3.10. The number of anilines is 3. The summed E-state index contributed by atoms with van der Waals surface area (Å²) >= 11 is 0. The fraction of sp³-hybridized carbons (Fsp3) is 0.0714. The topological polar surface area (TPSA) is 81.7 Å². The van der Waals surface area contributed by atoms with Crippen LogP contribution in [-0.4, -0.2) is 19.5 Å². The van der Waals surface area contributed by atoms with Crippen LogP contribution in [0.25, 0.3) is 11.2 Å². The maximum absolute atomic E-state index is 5.73. The summed E-state index contributed by atoms with van der Waals surface area (Å²) in [5.74, 6) is 3.04. The Balaban J connectivity index is 1.96. The molecule has 0 aliphatic carbocycles. The summed E-state index contributed by atoms with van der Waals surface area (Å²) in [7, 11) is 0. The van der Waals surface area contributed by atoms with Gasteiger partial charge in [0.2, 0.25) is 5.95 Å². The number of benzene rings is 1. The highest BCUT2D eigenvalue weighted by atomic mass is 15.2. The van der Waals surface area contributed by atoms with Gasteiger partial charge in [-0.3, -0.25) is 0 Å². The minimum Gasteiger partial charge on any atom is -0.399 e. The van der Waals surface area contributed by atoms with Crippen LogP contribution in [0.5, 0.6) is 0 Å². The lowest BCUT2D eigenvalue weighted by molar-refractivity contribution is 0.857. The number of rotatable bonds is 3. The Labute approximate surface area is 115 Å². The molecule has 3 aromatic rings. The predicted molar refractivity (Wildman–Crippen MR) is 78.3 cm³/mol. The van der Waals surface area contributed by atoms with Gasteiger partial charge in [-0.15, -0.1) is 6.42 Å². The van der Waals surface area contributed by atoms with Crippen LogP contribution in [0.15, 0.2) is 36.8 Å². The lowest BCUT2D eigenvalue weighted by atomic mass is 10.3. The van der Waals surface area contributed by atoms with E-state index in [0.29, 0.717) is 29.3 Å². The average Bonchev–Trinajstić information content (AvgIpc) is 2.82. The van der Waals surface area contributed by atoms with Gasteiger partial charge < -0.3 is 15.6 Å². The number of nitrogens with one attached hydrogen (secondary N) is 1. The first-order valence-electron chi connectivity index (χ1n) is 6.00. The van der Waals surface area contributed by atoms with E-state index in [1.54, 1.807) is 17.1 Å². The number of terminal acetylenes is 1. The van der Waals surface area contributed by atoms with Crippen molar-refractivity contribution in [2.45, 2.75) is 6.54 Å². The Morgan fingerprint density at radius 2 is 2.25 bits per heavy atom. The van der Waals surface area contributed by atoms with Crippen LogP contribution in [0, 0.1) is 12.3 Å². The molecule has 0 saturated heterocycles. The minimum atomic E-state index is 0.422. The molecular weight excluding hydrogens is 252 g/mol. The zero-order valence-electron chi connectivity index (χ0n) is 10.6. The molecule has 0 spiro atoms. The van der Waals surface area contributed by atoms with Gasteiger partial charge in [0.15, 0.2) is 5.65 Å². The van der Waals surface area contributed by atoms with Crippen molar-refractivity contribution in [1.29, 1.82) is 0 Å². The Hall–Kier alpha value is -3.07. The minimum absolute atomic E-state index is 0.422. The zero-order chi connectivity index (χ0) is 13.9. The number of nitrogen functional groups attached to an aromatic ring is 1. The van der Waals surface area contributed by atoms with Gasteiger partial charge >= 0.3 is 0 Å². The van der Waals surface area contributed by atoms with Crippen molar-refractivity contribution < 1.29 is 0 Å². The molecule has 0 aliphatic heterocycles. The molecule has 6 nitrogen and oxygen atoms in total. The largest absolute Gasteiger partial charge is 0.399 e. The third kappa shape index (κ3) is 2.24. The first-order chi connectivity index (χ1) is 9.76. The molecule has 0 unspecified atom stereocenters. The molecule has 3 rings (SSSR count). The Kier molecular flexibility index (Phi) is 2.94. The van der Waals surface area contributed by atoms with Gasteiger partial charge in [-0.05, 0) is 18.2 Å². The number of nitrogens with zero attached hydrogens (tertiary/aromatic N) is 4. The maximum Gasteiger partial charge on any atom is 0.229 e. The van der Waals surface area contributed by atoms with Crippen molar-refractivity contribution in [3.63, 3.8) is 0 Å². The molecule has 6 heteroatoms. The molecule has 3 N–H and O–H groups in total. The SMILES string of the molecule is C#CCn1cnc2cnc(Nc3cccc(N)c3)nc21. The second kappa shape index (κ2) is 4.90. The van der Waals surface area contributed by atoms with Crippen LogP contribution < -0.4 is 11.1 Å². The summed E-state index contributed by atoms with van der Waals surface area (Å²) in [5.41, 5.74) is 8.64. The van der Waals surface area contributed by atoms with Crippen molar-refractivity contribution in [3.8, 4) is 12.3 Å². The van der Waals surface area contributed by atoms with E-state index >= 15 is 0 Å². The Morgan fingerprint density at radius 3 is 3.05 bits per heavy atom. The van der Waals surface area contributed by atoms with Gasteiger partial charge in [-0.2, -0.15) is 4.98 Å². The van der Waals surface area contributed by atoms with Crippen molar-refractivity contribution in [2.75, 3.05) is 11.1 Å². The lowest BCUT2D eigenvalue weighted by Crippen LogP contribution is -2.00. The Bertz CT molecular complexity index is 799. The fourth-order valence-electron chi connectivity index (χ4n) is 1.88. The van der Waals surface area contributed by atoms with Crippen molar-refractivity contribution in [1.82, 2.24) is 19.5 Å². The first kappa shape index (κ1) is 12.0. The highest BCUT2D eigenvalue weighted by Gasteiger charge is 2.06. The van der Waals surface area contributed by atoms with Crippen molar-refractivity contribution >= 4 is 28.5 Å². The second-order valence-corrected chi connectivity index (χ2v) is 4.23. The number of hydrogen-bond donors (Lipinski definition) is 2. The van der Waals surface area contributed by atoms with E-state index < -0.39 is 0 Å². The number of nitrogens with two attached hydrogens (primary N) is 1. The van der Waals surface area contributed by atoms with E-state index in [0.717, 1.165) is 5.69 Å². The number of aromatic nitrogens is 4. The quantitative estimate of drug-likeness (QED) is 0.556.